The predicted molar refractivity (Wildman–Crippen MR) is 145 cm³/mol. The molecule has 1 atom stereocenters. The van der Waals surface area contributed by atoms with Crippen molar-refractivity contribution < 1.29 is 14.0 Å². The second-order valence-corrected chi connectivity index (χ2v) is 10.2. The van der Waals surface area contributed by atoms with E-state index < -0.39 is 11.9 Å². The maximum Gasteiger partial charge on any atom is 0.252 e. The number of anilines is 1. The molecule has 0 radical (unpaired) electrons. The minimum atomic E-state index is -0.684. The maximum atomic E-state index is 14.3. The summed E-state index contributed by atoms with van der Waals surface area (Å²) >= 11 is 6.47. The maximum absolute atomic E-state index is 14.3. The van der Waals surface area contributed by atoms with Gasteiger partial charge in [-0.2, -0.15) is 5.10 Å². The van der Waals surface area contributed by atoms with E-state index in [0.29, 0.717) is 39.5 Å². The predicted octanol–water partition coefficient (Wildman–Crippen LogP) is 5.15. The van der Waals surface area contributed by atoms with Gasteiger partial charge in [-0.3, -0.25) is 9.59 Å². The SMILES string of the molecule is O=C1NC(c2cc(F)ccc2Cl)c2c(CC(=O)N3CCc4ccccc43)cc(-c3ccc4ncnn4c3)cc21. The zero-order valence-electron chi connectivity index (χ0n) is 20.6. The van der Waals surface area contributed by atoms with Crippen LogP contribution in [0.15, 0.2) is 79.3 Å². The van der Waals surface area contributed by atoms with E-state index in [1.807, 2.05) is 48.7 Å². The molecule has 5 aromatic rings. The van der Waals surface area contributed by atoms with E-state index >= 15 is 0 Å². The lowest BCUT2D eigenvalue weighted by Gasteiger charge is -2.21. The quantitative estimate of drug-likeness (QED) is 0.344. The fourth-order valence-electron chi connectivity index (χ4n) is 5.65. The largest absolute Gasteiger partial charge is 0.341 e. The highest BCUT2D eigenvalue weighted by Gasteiger charge is 2.35. The molecule has 39 heavy (non-hydrogen) atoms. The van der Waals surface area contributed by atoms with Gasteiger partial charge in [0.15, 0.2) is 5.65 Å². The van der Waals surface area contributed by atoms with Crippen LogP contribution in [0.3, 0.4) is 0 Å². The molecule has 0 saturated carbocycles. The van der Waals surface area contributed by atoms with Crippen molar-refractivity contribution in [2.45, 2.75) is 18.9 Å². The summed E-state index contributed by atoms with van der Waals surface area (Å²) in [4.78, 5) is 33.0. The molecule has 1 unspecified atom stereocenters. The Labute approximate surface area is 227 Å². The minimum Gasteiger partial charge on any atom is -0.341 e. The number of pyridine rings is 1. The van der Waals surface area contributed by atoms with Crippen molar-refractivity contribution in [3.8, 4) is 11.1 Å². The smallest absolute Gasteiger partial charge is 0.252 e. The second kappa shape index (κ2) is 9.03. The molecule has 2 amide bonds. The summed E-state index contributed by atoms with van der Waals surface area (Å²) in [6.07, 6.45) is 4.16. The monoisotopic (exact) mass is 537 g/mol. The van der Waals surface area contributed by atoms with Gasteiger partial charge in [-0.1, -0.05) is 35.9 Å². The molecule has 7 rings (SSSR count). The Bertz CT molecular complexity index is 1820. The number of benzene rings is 3. The molecular formula is C30H21ClFN5O2. The molecule has 3 aromatic carbocycles. The summed E-state index contributed by atoms with van der Waals surface area (Å²) in [6.45, 7) is 0.597. The van der Waals surface area contributed by atoms with Crippen molar-refractivity contribution in [1.29, 1.82) is 0 Å². The number of carbonyl (C=O) groups is 2. The van der Waals surface area contributed by atoms with E-state index in [2.05, 4.69) is 15.4 Å². The normalized spacial score (nSPS) is 15.9. The number of nitrogens with zero attached hydrogens (tertiary/aromatic N) is 4. The van der Waals surface area contributed by atoms with Crippen LogP contribution in [-0.2, 0) is 17.6 Å². The van der Waals surface area contributed by atoms with Gasteiger partial charge in [-0.15, -0.1) is 0 Å². The molecule has 9 heteroatoms. The number of halogens is 2. The molecule has 2 aliphatic heterocycles. The summed E-state index contributed by atoms with van der Waals surface area (Å²) < 4.78 is 15.9. The number of nitrogens with one attached hydrogen (secondary N) is 1. The van der Waals surface area contributed by atoms with Gasteiger partial charge < -0.3 is 10.2 Å². The molecule has 0 aliphatic carbocycles. The molecule has 0 fully saturated rings. The standard InChI is InChI=1S/C30H21ClFN5O2/c31-24-7-6-21(32)14-22(24)29-28-20(13-27(38)36-10-9-17-3-1-2-4-25(17)36)11-19(12-23(28)30(39)35-29)18-5-8-26-33-16-34-37(26)15-18/h1-8,11-12,14-16,29H,9-10,13H2,(H,35,39). The first kappa shape index (κ1) is 23.5. The molecule has 7 nitrogen and oxygen atoms in total. The fourth-order valence-corrected chi connectivity index (χ4v) is 5.88. The molecule has 0 bridgehead atoms. The molecule has 2 aromatic heterocycles. The Balaban J connectivity index is 1.37. The van der Waals surface area contributed by atoms with Crippen LogP contribution in [-0.4, -0.2) is 33.0 Å². The average molecular weight is 538 g/mol. The second-order valence-electron chi connectivity index (χ2n) is 9.75. The highest BCUT2D eigenvalue weighted by atomic mass is 35.5. The molecule has 2 aliphatic rings. The van der Waals surface area contributed by atoms with Gasteiger partial charge >= 0.3 is 0 Å². The zero-order chi connectivity index (χ0) is 26.7. The summed E-state index contributed by atoms with van der Waals surface area (Å²) in [5, 5.41) is 7.52. The van der Waals surface area contributed by atoms with Gasteiger partial charge in [0.2, 0.25) is 5.91 Å². The van der Waals surface area contributed by atoms with E-state index in [4.69, 9.17) is 11.6 Å². The average Bonchev–Trinajstić information content (AvgIpc) is 3.67. The van der Waals surface area contributed by atoms with Gasteiger partial charge in [0, 0.05) is 40.1 Å². The third kappa shape index (κ3) is 3.95. The van der Waals surface area contributed by atoms with Crippen molar-refractivity contribution in [2.24, 2.45) is 0 Å². The molecule has 0 saturated heterocycles. The summed E-state index contributed by atoms with van der Waals surface area (Å²) in [5.74, 6) is -0.838. The van der Waals surface area contributed by atoms with Crippen LogP contribution in [0.4, 0.5) is 10.1 Å². The number of hydrogen-bond donors (Lipinski definition) is 1. The van der Waals surface area contributed by atoms with E-state index in [9.17, 15) is 14.0 Å². The number of hydrogen-bond acceptors (Lipinski definition) is 4. The van der Waals surface area contributed by atoms with Gasteiger partial charge in [0.05, 0.1) is 12.5 Å². The van der Waals surface area contributed by atoms with Gasteiger partial charge in [-0.25, -0.2) is 13.9 Å². The first-order chi connectivity index (χ1) is 19.0. The van der Waals surface area contributed by atoms with E-state index in [0.717, 1.165) is 28.8 Å². The summed E-state index contributed by atoms with van der Waals surface area (Å²) in [7, 11) is 0. The Hall–Kier alpha value is -4.56. The number of amides is 2. The minimum absolute atomic E-state index is 0.0640. The lowest BCUT2D eigenvalue weighted by atomic mass is 9.89. The fraction of sp³-hybridized carbons (Fsp3) is 0.133. The molecular weight excluding hydrogens is 517 g/mol. The highest BCUT2D eigenvalue weighted by Crippen LogP contribution is 2.40. The number of rotatable bonds is 4. The topological polar surface area (TPSA) is 79.6 Å². The molecule has 192 valence electrons. The van der Waals surface area contributed by atoms with Crippen LogP contribution < -0.4 is 10.2 Å². The van der Waals surface area contributed by atoms with Crippen LogP contribution in [0.2, 0.25) is 5.02 Å². The van der Waals surface area contributed by atoms with Crippen molar-refractivity contribution in [2.75, 3.05) is 11.4 Å². The van der Waals surface area contributed by atoms with E-state index in [1.54, 1.807) is 15.5 Å². The van der Waals surface area contributed by atoms with Gasteiger partial charge in [-0.05, 0) is 71.1 Å². The summed E-state index contributed by atoms with van der Waals surface area (Å²) in [5.41, 5.74) is 6.51. The summed E-state index contributed by atoms with van der Waals surface area (Å²) in [6, 6.07) is 18.8. The lowest BCUT2D eigenvalue weighted by molar-refractivity contribution is -0.117. The van der Waals surface area contributed by atoms with Crippen LogP contribution >= 0.6 is 11.6 Å². The molecule has 4 heterocycles. The lowest BCUT2D eigenvalue weighted by Crippen LogP contribution is -2.31. The Morgan fingerprint density at radius 3 is 2.85 bits per heavy atom. The number of carbonyl (C=O) groups excluding carboxylic acids is 2. The van der Waals surface area contributed by atoms with Crippen molar-refractivity contribution in [3.05, 3.63) is 118 Å². The highest BCUT2D eigenvalue weighted by molar-refractivity contribution is 6.31. The molecule has 1 N–H and O–H groups in total. The first-order valence-corrected chi connectivity index (χ1v) is 12.9. The van der Waals surface area contributed by atoms with Crippen molar-refractivity contribution in [1.82, 2.24) is 19.9 Å². The van der Waals surface area contributed by atoms with Crippen molar-refractivity contribution in [3.63, 3.8) is 0 Å². The Morgan fingerprint density at radius 1 is 1.08 bits per heavy atom. The Kier molecular flexibility index (Phi) is 5.45. The van der Waals surface area contributed by atoms with E-state index in [-0.39, 0.29) is 18.2 Å². The van der Waals surface area contributed by atoms with E-state index in [1.165, 1.54) is 24.5 Å². The number of aromatic nitrogens is 3. The first-order valence-electron chi connectivity index (χ1n) is 12.6. The number of fused-ring (bicyclic) bond motifs is 3. The Morgan fingerprint density at radius 2 is 1.95 bits per heavy atom. The van der Waals surface area contributed by atoms with Gasteiger partial charge in [0.1, 0.15) is 12.1 Å². The third-order valence-electron chi connectivity index (χ3n) is 7.48. The molecule has 0 spiro atoms. The third-order valence-corrected chi connectivity index (χ3v) is 7.83. The van der Waals surface area contributed by atoms with Crippen LogP contribution in [0.5, 0.6) is 0 Å². The van der Waals surface area contributed by atoms with Crippen LogP contribution in [0.1, 0.15) is 38.7 Å². The van der Waals surface area contributed by atoms with Crippen LogP contribution in [0.25, 0.3) is 16.8 Å². The van der Waals surface area contributed by atoms with Gasteiger partial charge in [0.25, 0.3) is 5.91 Å². The van der Waals surface area contributed by atoms with Crippen molar-refractivity contribution >= 4 is 34.7 Å². The van der Waals surface area contributed by atoms with Crippen LogP contribution in [0, 0.1) is 5.82 Å². The number of para-hydroxylation sites is 1. The zero-order valence-corrected chi connectivity index (χ0v) is 21.3.